The van der Waals surface area contributed by atoms with Crippen molar-refractivity contribution in [3.63, 3.8) is 0 Å². The summed E-state index contributed by atoms with van der Waals surface area (Å²) in [6.07, 6.45) is 0. The Balaban J connectivity index is 2.30. The Morgan fingerprint density at radius 1 is 0.800 bits per heavy atom. The molecule has 0 radical (unpaired) electrons. The average molecular weight is 457 g/mol. The molecule has 2 aromatic rings. The molecule has 2 unspecified atom stereocenters. The fraction of sp³-hybridized carbons (Fsp3) is 0.455. The molecule has 2 rings (SSSR count). The first-order valence-corrected chi connectivity index (χ1v) is 10.6. The molecular weight excluding hydrogens is 431 g/mol. The zero-order chi connectivity index (χ0) is 22.3. The average Bonchev–Trinajstić information content (AvgIpc) is 2.73. The number of carbonyl (C=O) groups is 2. The normalized spacial score (nSPS) is 12.9. The van der Waals surface area contributed by atoms with Gasteiger partial charge >= 0.3 is 11.9 Å². The molecule has 164 valence electrons. The SMILES string of the molecule is CCOC(=O)C(C)COc1c(Cl)c(Cl)c(OCC(C)C(=O)OCC)c2ccccc12. The molecule has 2 aromatic carbocycles. The van der Waals surface area contributed by atoms with Crippen molar-refractivity contribution in [2.24, 2.45) is 11.8 Å². The van der Waals surface area contributed by atoms with Crippen LogP contribution in [0.5, 0.6) is 11.5 Å². The molecule has 0 heterocycles. The van der Waals surface area contributed by atoms with E-state index in [1.165, 1.54) is 0 Å². The van der Waals surface area contributed by atoms with Crippen molar-refractivity contribution in [2.45, 2.75) is 27.7 Å². The molecule has 8 heteroatoms. The van der Waals surface area contributed by atoms with Crippen LogP contribution in [-0.2, 0) is 19.1 Å². The molecule has 0 fully saturated rings. The molecule has 2 atom stereocenters. The largest absolute Gasteiger partial charge is 0.490 e. The highest BCUT2D eigenvalue weighted by Gasteiger charge is 2.23. The van der Waals surface area contributed by atoms with E-state index in [2.05, 4.69) is 0 Å². The molecule has 30 heavy (non-hydrogen) atoms. The van der Waals surface area contributed by atoms with Crippen LogP contribution in [0.3, 0.4) is 0 Å². The summed E-state index contributed by atoms with van der Waals surface area (Å²) in [7, 11) is 0. The molecule has 0 bridgehead atoms. The lowest BCUT2D eigenvalue weighted by Gasteiger charge is -2.19. The van der Waals surface area contributed by atoms with Gasteiger partial charge < -0.3 is 18.9 Å². The highest BCUT2D eigenvalue weighted by Crippen LogP contribution is 2.46. The molecule has 0 saturated heterocycles. The Hall–Kier alpha value is -2.18. The number of hydrogen-bond donors (Lipinski definition) is 0. The van der Waals surface area contributed by atoms with E-state index in [9.17, 15) is 9.59 Å². The van der Waals surface area contributed by atoms with Crippen molar-refractivity contribution in [3.8, 4) is 11.5 Å². The van der Waals surface area contributed by atoms with Gasteiger partial charge in [-0.2, -0.15) is 0 Å². The maximum atomic E-state index is 11.9. The van der Waals surface area contributed by atoms with Gasteiger partial charge in [-0.1, -0.05) is 47.5 Å². The van der Waals surface area contributed by atoms with Crippen LogP contribution < -0.4 is 9.47 Å². The first kappa shape index (κ1) is 24.1. The van der Waals surface area contributed by atoms with Crippen LogP contribution in [0.1, 0.15) is 27.7 Å². The summed E-state index contributed by atoms with van der Waals surface area (Å²) in [5, 5.41) is 1.71. The lowest BCUT2D eigenvalue weighted by Crippen LogP contribution is -2.22. The minimum Gasteiger partial charge on any atom is -0.490 e. The molecule has 0 saturated carbocycles. The predicted octanol–water partition coefficient (Wildman–Crippen LogP) is 5.30. The van der Waals surface area contributed by atoms with E-state index in [0.29, 0.717) is 35.5 Å². The molecule has 0 aliphatic heterocycles. The van der Waals surface area contributed by atoms with E-state index < -0.39 is 11.8 Å². The number of fused-ring (bicyclic) bond motifs is 1. The number of esters is 2. The molecule has 0 N–H and O–H groups in total. The maximum Gasteiger partial charge on any atom is 0.312 e. The Morgan fingerprint density at radius 3 is 1.50 bits per heavy atom. The first-order valence-electron chi connectivity index (χ1n) is 9.80. The number of hydrogen-bond acceptors (Lipinski definition) is 6. The van der Waals surface area contributed by atoms with Crippen LogP contribution in [0, 0.1) is 11.8 Å². The van der Waals surface area contributed by atoms with E-state index in [4.69, 9.17) is 42.1 Å². The van der Waals surface area contributed by atoms with Crippen LogP contribution in [0.4, 0.5) is 0 Å². The van der Waals surface area contributed by atoms with Gasteiger partial charge in [0, 0.05) is 10.8 Å². The quantitative estimate of drug-likeness (QED) is 0.451. The summed E-state index contributed by atoms with van der Waals surface area (Å²) in [6.45, 7) is 7.68. The zero-order valence-corrected chi connectivity index (χ0v) is 19.0. The second-order valence-electron chi connectivity index (χ2n) is 6.76. The van der Waals surface area contributed by atoms with Crippen molar-refractivity contribution < 1.29 is 28.5 Å². The van der Waals surface area contributed by atoms with Gasteiger partial charge in [-0.05, 0) is 27.7 Å². The standard InChI is InChI=1S/C22H26Cl2O6/c1-5-27-21(25)13(3)11-29-19-15-9-7-8-10-16(15)20(18(24)17(19)23)30-12-14(4)22(26)28-6-2/h7-10,13-14H,5-6,11-12H2,1-4H3. The highest BCUT2D eigenvalue weighted by atomic mass is 35.5. The topological polar surface area (TPSA) is 71.1 Å². The van der Waals surface area contributed by atoms with Crippen LogP contribution in [-0.4, -0.2) is 38.4 Å². The van der Waals surface area contributed by atoms with Gasteiger partial charge in [0.15, 0.2) is 0 Å². The predicted molar refractivity (Wildman–Crippen MR) is 117 cm³/mol. The van der Waals surface area contributed by atoms with Crippen molar-refractivity contribution in [1.82, 2.24) is 0 Å². The number of benzene rings is 2. The van der Waals surface area contributed by atoms with E-state index in [0.717, 1.165) is 0 Å². The minimum absolute atomic E-state index is 0.0823. The summed E-state index contributed by atoms with van der Waals surface area (Å²) in [6, 6.07) is 7.31. The highest BCUT2D eigenvalue weighted by molar-refractivity contribution is 6.45. The van der Waals surface area contributed by atoms with E-state index in [-0.39, 0.29) is 35.2 Å². The third-order valence-corrected chi connectivity index (χ3v) is 5.16. The maximum absolute atomic E-state index is 11.9. The fourth-order valence-corrected chi connectivity index (χ4v) is 3.20. The van der Waals surface area contributed by atoms with Gasteiger partial charge in [0.2, 0.25) is 0 Å². The number of ether oxygens (including phenoxy) is 4. The zero-order valence-electron chi connectivity index (χ0n) is 17.5. The first-order chi connectivity index (χ1) is 14.3. The number of carbonyl (C=O) groups excluding carboxylic acids is 2. The van der Waals surface area contributed by atoms with Crippen LogP contribution in [0.25, 0.3) is 10.8 Å². The van der Waals surface area contributed by atoms with E-state index in [1.807, 2.05) is 24.3 Å². The fourth-order valence-electron chi connectivity index (χ4n) is 2.72. The monoisotopic (exact) mass is 456 g/mol. The molecule has 6 nitrogen and oxygen atoms in total. The Bertz CT molecular complexity index is 826. The molecule has 0 amide bonds. The van der Waals surface area contributed by atoms with Crippen molar-refractivity contribution in [3.05, 3.63) is 34.3 Å². The smallest absolute Gasteiger partial charge is 0.312 e. The Labute approximate surface area is 186 Å². The van der Waals surface area contributed by atoms with Crippen molar-refractivity contribution in [1.29, 1.82) is 0 Å². The summed E-state index contributed by atoms with van der Waals surface area (Å²) in [4.78, 5) is 23.7. The lowest BCUT2D eigenvalue weighted by molar-refractivity contribution is -0.149. The van der Waals surface area contributed by atoms with E-state index in [1.54, 1.807) is 27.7 Å². The second kappa shape index (κ2) is 11.3. The second-order valence-corrected chi connectivity index (χ2v) is 7.52. The van der Waals surface area contributed by atoms with Crippen molar-refractivity contribution >= 4 is 45.9 Å². The van der Waals surface area contributed by atoms with Crippen LogP contribution >= 0.6 is 23.2 Å². The Kier molecular flexibility index (Phi) is 9.06. The summed E-state index contributed by atoms with van der Waals surface area (Å²) in [5.41, 5.74) is 0. The molecule has 0 aromatic heterocycles. The van der Waals surface area contributed by atoms with Gasteiger partial charge in [-0.25, -0.2) is 0 Å². The van der Waals surface area contributed by atoms with Gasteiger partial charge in [0.25, 0.3) is 0 Å². The minimum atomic E-state index is -0.472. The van der Waals surface area contributed by atoms with Crippen molar-refractivity contribution in [2.75, 3.05) is 26.4 Å². The van der Waals surface area contributed by atoms with Crippen LogP contribution in [0.15, 0.2) is 24.3 Å². The summed E-state index contributed by atoms with van der Waals surface area (Å²) < 4.78 is 21.7. The van der Waals surface area contributed by atoms with Gasteiger partial charge in [-0.3, -0.25) is 9.59 Å². The van der Waals surface area contributed by atoms with Crippen LogP contribution in [0.2, 0.25) is 10.0 Å². The molecular formula is C22H26Cl2O6. The molecule has 0 aliphatic rings. The third kappa shape index (κ3) is 5.70. The Morgan fingerprint density at radius 2 is 1.17 bits per heavy atom. The number of rotatable bonds is 10. The number of halogens is 2. The molecule has 0 aliphatic carbocycles. The summed E-state index contributed by atoms with van der Waals surface area (Å²) in [5.74, 6) is -0.924. The third-order valence-electron chi connectivity index (χ3n) is 4.34. The van der Waals surface area contributed by atoms with Gasteiger partial charge in [-0.15, -0.1) is 0 Å². The molecule has 0 spiro atoms. The van der Waals surface area contributed by atoms with Gasteiger partial charge in [0.1, 0.15) is 34.8 Å². The lowest BCUT2D eigenvalue weighted by atomic mass is 10.1. The van der Waals surface area contributed by atoms with Gasteiger partial charge in [0.05, 0.1) is 25.0 Å². The van der Waals surface area contributed by atoms with E-state index >= 15 is 0 Å². The summed E-state index contributed by atoms with van der Waals surface area (Å²) >= 11 is 13.0.